The Bertz CT molecular complexity index is 737. The molecule has 0 radical (unpaired) electrons. The van der Waals surface area contributed by atoms with Gasteiger partial charge in [0.25, 0.3) is 0 Å². The number of quaternary nitrogens is 2. The maximum Gasteiger partial charge on any atom is 0.165 e. The van der Waals surface area contributed by atoms with E-state index in [0.717, 1.165) is 25.3 Å². The third-order valence-electron chi connectivity index (χ3n) is 6.69. The van der Waals surface area contributed by atoms with E-state index in [1.54, 1.807) is 11.2 Å². The van der Waals surface area contributed by atoms with Gasteiger partial charge in [0, 0.05) is 24.2 Å². The zero-order valence-corrected chi connectivity index (χ0v) is 16.9. The lowest BCUT2D eigenvalue weighted by Gasteiger charge is -2.47. The molecule has 4 nitrogen and oxygen atoms in total. The van der Waals surface area contributed by atoms with Crippen LogP contribution in [0.1, 0.15) is 38.0 Å². The SMILES string of the molecule is C[C@@H]1C[C@@](CC[NH+](CC#N)Cc2ccco2)(c2ccccc2)[C@H](C)C[NH+]1C. The maximum absolute atomic E-state index is 9.31. The molecule has 0 bridgehead atoms. The van der Waals surface area contributed by atoms with Crippen LogP contribution in [0, 0.1) is 17.2 Å². The Morgan fingerprint density at radius 1 is 1.22 bits per heavy atom. The average molecular weight is 368 g/mol. The van der Waals surface area contributed by atoms with E-state index in [0.29, 0.717) is 18.5 Å². The van der Waals surface area contributed by atoms with Crippen LogP contribution in [0.25, 0.3) is 0 Å². The second-order valence-corrected chi connectivity index (χ2v) is 8.42. The van der Waals surface area contributed by atoms with E-state index >= 15 is 0 Å². The van der Waals surface area contributed by atoms with Gasteiger partial charge >= 0.3 is 0 Å². The molecule has 0 aliphatic carbocycles. The summed E-state index contributed by atoms with van der Waals surface area (Å²) < 4.78 is 5.53. The standard InChI is InChI=1S/C23H31N3O/c1-19-17-25(3)20(2)16-23(19,21-8-5-4-6-9-21)11-13-26(14-12-24)18-22-10-7-15-27-22/h4-10,15,19-20H,11,13-14,16-18H2,1-3H3/p+2/t19-,20-,23-/m1/s1. The van der Waals surface area contributed by atoms with Crippen LogP contribution in [0.15, 0.2) is 53.1 Å². The Kier molecular flexibility index (Phi) is 6.36. The van der Waals surface area contributed by atoms with E-state index in [1.165, 1.54) is 23.4 Å². The van der Waals surface area contributed by atoms with Gasteiger partial charge in [-0.15, -0.1) is 0 Å². The van der Waals surface area contributed by atoms with E-state index < -0.39 is 0 Å². The summed E-state index contributed by atoms with van der Waals surface area (Å²) in [5, 5.41) is 9.31. The van der Waals surface area contributed by atoms with Crippen LogP contribution >= 0.6 is 0 Å². The van der Waals surface area contributed by atoms with E-state index in [1.807, 2.05) is 12.1 Å². The van der Waals surface area contributed by atoms with Gasteiger partial charge in [0.15, 0.2) is 12.3 Å². The van der Waals surface area contributed by atoms with Crippen molar-refractivity contribution in [3.05, 3.63) is 60.1 Å². The fourth-order valence-corrected chi connectivity index (χ4v) is 4.88. The van der Waals surface area contributed by atoms with Gasteiger partial charge in [0.2, 0.25) is 0 Å². The first-order valence-electron chi connectivity index (χ1n) is 10.2. The number of piperidine rings is 1. The van der Waals surface area contributed by atoms with Gasteiger partial charge < -0.3 is 14.2 Å². The second kappa shape index (κ2) is 8.73. The minimum absolute atomic E-state index is 0.185. The Hall–Kier alpha value is -2.09. The van der Waals surface area contributed by atoms with Gasteiger partial charge in [-0.05, 0) is 24.6 Å². The Morgan fingerprint density at radius 3 is 2.67 bits per heavy atom. The summed E-state index contributed by atoms with van der Waals surface area (Å²) in [6.07, 6.45) is 4.02. The van der Waals surface area contributed by atoms with Crippen molar-refractivity contribution in [1.82, 2.24) is 0 Å². The predicted octanol–water partition coefficient (Wildman–Crippen LogP) is 1.46. The lowest BCUT2D eigenvalue weighted by molar-refractivity contribution is -0.918. The molecule has 1 aromatic carbocycles. The summed E-state index contributed by atoms with van der Waals surface area (Å²) in [4.78, 5) is 2.92. The molecule has 1 saturated heterocycles. The van der Waals surface area contributed by atoms with Gasteiger partial charge in [-0.2, -0.15) is 5.26 Å². The zero-order chi connectivity index (χ0) is 19.3. The fourth-order valence-electron chi connectivity index (χ4n) is 4.88. The second-order valence-electron chi connectivity index (χ2n) is 8.42. The summed E-state index contributed by atoms with van der Waals surface area (Å²) in [6.45, 7) is 8.27. The van der Waals surface area contributed by atoms with Crippen molar-refractivity contribution < 1.29 is 14.2 Å². The number of nitrogens with zero attached hydrogens (tertiary/aromatic N) is 1. The normalized spacial score (nSPS) is 29.2. The molecule has 27 heavy (non-hydrogen) atoms. The molecule has 0 amide bonds. The summed E-state index contributed by atoms with van der Waals surface area (Å²) in [5.41, 5.74) is 1.65. The molecular weight excluding hydrogens is 334 g/mol. The third kappa shape index (κ3) is 4.43. The molecular formula is C23H33N3O+2. The summed E-state index contributed by atoms with van der Waals surface area (Å²) in [6, 6.07) is 18.0. The van der Waals surface area contributed by atoms with Crippen molar-refractivity contribution in [2.75, 3.05) is 26.7 Å². The highest BCUT2D eigenvalue weighted by molar-refractivity contribution is 5.27. The fraction of sp³-hybridized carbons (Fsp3) is 0.522. The molecule has 1 aliphatic rings. The van der Waals surface area contributed by atoms with Crippen LogP contribution in [0.2, 0.25) is 0 Å². The van der Waals surface area contributed by atoms with Gasteiger partial charge in [0.1, 0.15) is 12.6 Å². The number of nitriles is 1. The Labute approximate surface area is 163 Å². The van der Waals surface area contributed by atoms with Crippen LogP contribution < -0.4 is 9.80 Å². The van der Waals surface area contributed by atoms with Crippen LogP contribution in [0.4, 0.5) is 0 Å². The molecule has 3 rings (SSSR count). The highest BCUT2D eigenvalue weighted by Crippen LogP contribution is 2.40. The number of rotatable bonds is 7. The predicted molar refractivity (Wildman–Crippen MR) is 106 cm³/mol. The smallest absolute Gasteiger partial charge is 0.165 e. The number of nitrogens with one attached hydrogen (secondary N) is 2. The molecule has 2 aromatic rings. The number of furan rings is 1. The molecule has 0 saturated carbocycles. The van der Waals surface area contributed by atoms with Crippen LogP contribution in [0.5, 0.6) is 0 Å². The summed E-state index contributed by atoms with van der Waals surface area (Å²) in [7, 11) is 2.32. The van der Waals surface area contributed by atoms with E-state index in [-0.39, 0.29) is 5.41 Å². The van der Waals surface area contributed by atoms with Crippen molar-refractivity contribution >= 4 is 0 Å². The van der Waals surface area contributed by atoms with Crippen molar-refractivity contribution in [3.63, 3.8) is 0 Å². The average Bonchev–Trinajstić information content (AvgIpc) is 3.17. The molecule has 2 N–H and O–H groups in total. The van der Waals surface area contributed by atoms with Gasteiger partial charge in [-0.3, -0.25) is 0 Å². The first-order valence-corrected chi connectivity index (χ1v) is 10.2. The molecule has 0 spiro atoms. The highest BCUT2D eigenvalue weighted by Gasteiger charge is 2.46. The number of benzene rings is 1. The van der Waals surface area contributed by atoms with Crippen LogP contribution in [0.3, 0.4) is 0 Å². The molecule has 1 aliphatic heterocycles. The number of hydrogen-bond donors (Lipinski definition) is 2. The van der Waals surface area contributed by atoms with Crippen molar-refractivity contribution in [3.8, 4) is 6.07 Å². The van der Waals surface area contributed by atoms with Gasteiger partial charge in [-0.25, -0.2) is 0 Å². The molecule has 1 aromatic heterocycles. The summed E-state index contributed by atoms with van der Waals surface area (Å²) in [5.74, 6) is 1.58. The van der Waals surface area contributed by atoms with E-state index in [9.17, 15) is 5.26 Å². The lowest BCUT2D eigenvalue weighted by Crippen LogP contribution is -3.15. The third-order valence-corrected chi connectivity index (χ3v) is 6.69. The number of hydrogen-bond acceptors (Lipinski definition) is 2. The van der Waals surface area contributed by atoms with Crippen molar-refractivity contribution in [2.24, 2.45) is 5.92 Å². The summed E-state index contributed by atoms with van der Waals surface area (Å²) >= 11 is 0. The van der Waals surface area contributed by atoms with Crippen molar-refractivity contribution in [2.45, 2.75) is 44.7 Å². The first kappa shape index (κ1) is 19.7. The quantitative estimate of drug-likeness (QED) is 0.728. The largest absolute Gasteiger partial charge is 0.463 e. The minimum atomic E-state index is 0.185. The molecule has 2 unspecified atom stereocenters. The zero-order valence-electron chi connectivity index (χ0n) is 16.9. The van der Waals surface area contributed by atoms with E-state index in [4.69, 9.17) is 4.42 Å². The lowest BCUT2D eigenvalue weighted by atomic mass is 9.63. The topological polar surface area (TPSA) is 45.8 Å². The molecule has 4 heteroatoms. The molecule has 144 valence electrons. The molecule has 5 atom stereocenters. The van der Waals surface area contributed by atoms with Crippen LogP contribution in [-0.4, -0.2) is 32.7 Å². The monoisotopic (exact) mass is 367 g/mol. The van der Waals surface area contributed by atoms with Gasteiger partial charge in [0.05, 0.1) is 32.4 Å². The molecule has 2 heterocycles. The first-order chi connectivity index (χ1) is 13.0. The number of likely N-dealkylation sites (tertiary alicyclic amines) is 1. The van der Waals surface area contributed by atoms with Crippen LogP contribution in [-0.2, 0) is 12.0 Å². The molecule has 1 fully saturated rings. The maximum atomic E-state index is 9.31. The highest BCUT2D eigenvalue weighted by atomic mass is 16.3. The van der Waals surface area contributed by atoms with Gasteiger partial charge in [-0.1, -0.05) is 37.3 Å². The Morgan fingerprint density at radius 2 is 2.00 bits per heavy atom. The van der Waals surface area contributed by atoms with E-state index in [2.05, 4.69) is 57.3 Å². The minimum Gasteiger partial charge on any atom is -0.463 e. The Balaban J connectivity index is 1.82. The van der Waals surface area contributed by atoms with Crippen molar-refractivity contribution in [1.29, 1.82) is 5.26 Å².